The van der Waals surface area contributed by atoms with Crippen molar-refractivity contribution in [3.8, 4) is 5.75 Å². The molecular weight excluding hydrogens is 262 g/mol. The van der Waals surface area contributed by atoms with E-state index in [0.29, 0.717) is 16.7 Å². The zero-order valence-corrected chi connectivity index (χ0v) is 12.2. The minimum Gasteiger partial charge on any atom is -0.490 e. The number of methoxy groups -OCH3 is 1. The van der Waals surface area contributed by atoms with E-state index in [9.17, 15) is 0 Å². The first-order valence-electron chi connectivity index (χ1n) is 5.89. The lowest BCUT2D eigenvalue weighted by molar-refractivity contribution is 0.412. The lowest BCUT2D eigenvalue weighted by Gasteiger charge is -2.21. The van der Waals surface area contributed by atoms with Crippen molar-refractivity contribution < 1.29 is 4.74 Å². The predicted octanol–water partition coefficient (Wildman–Crippen LogP) is 3.52. The van der Waals surface area contributed by atoms with Crippen LogP contribution in [0.2, 0.25) is 5.15 Å². The van der Waals surface area contributed by atoms with Crippen molar-refractivity contribution in [2.75, 3.05) is 19.1 Å². The van der Waals surface area contributed by atoms with E-state index in [0.717, 1.165) is 5.69 Å². The normalized spacial score (nSPS) is 10.4. The van der Waals surface area contributed by atoms with E-state index in [2.05, 4.69) is 42.0 Å². The first-order valence-corrected chi connectivity index (χ1v) is 6.27. The summed E-state index contributed by atoms with van der Waals surface area (Å²) in [7, 11) is 3.48. The van der Waals surface area contributed by atoms with Crippen molar-refractivity contribution >= 4 is 23.1 Å². The molecule has 4 nitrogen and oxygen atoms in total. The Morgan fingerprint density at radius 1 is 1.11 bits per heavy atom. The Hall–Kier alpha value is -1.81. The van der Waals surface area contributed by atoms with Gasteiger partial charge >= 0.3 is 0 Å². The average Bonchev–Trinajstić information content (AvgIpc) is 2.36. The summed E-state index contributed by atoms with van der Waals surface area (Å²) in [5.41, 5.74) is 3.42. The fraction of sp³-hybridized carbons (Fsp3) is 0.286. The molecular formula is C14H16ClN3O. The third kappa shape index (κ3) is 2.79. The summed E-state index contributed by atoms with van der Waals surface area (Å²) in [6.07, 6.45) is 1.43. The van der Waals surface area contributed by atoms with Gasteiger partial charge in [0.05, 0.1) is 7.11 Å². The molecule has 0 fully saturated rings. The monoisotopic (exact) mass is 277 g/mol. The highest BCUT2D eigenvalue weighted by atomic mass is 35.5. The van der Waals surface area contributed by atoms with Crippen molar-refractivity contribution in [2.45, 2.75) is 13.8 Å². The number of ether oxygens (including phenoxy) is 1. The van der Waals surface area contributed by atoms with Gasteiger partial charge in [-0.05, 0) is 37.1 Å². The molecule has 0 bridgehead atoms. The van der Waals surface area contributed by atoms with Gasteiger partial charge in [0.15, 0.2) is 16.7 Å². The van der Waals surface area contributed by atoms with E-state index in [1.807, 2.05) is 11.9 Å². The second kappa shape index (κ2) is 5.45. The van der Waals surface area contributed by atoms with Gasteiger partial charge in [0.2, 0.25) is 0 Å². The molecule has 0 unspecified atom stereocenters. The van der Waals surface area contributed by atoms with E-state index in [1.165, 1.54) is 17.5 Å². The van der Waals surface area contributed by atoms with E-state index in [4.69, 9.17) is 16.3 Å². The molecule has 100 valence electrons. The molecule has 19 heavy (non-hydrogen) atoms. The molecule has 0 radical (unpaired) electrons. The number of rotatable bonds is 3. The van der Waals surface area contributed by atoms with E-state index < -0.39 is 0 Å². The Kier molecular flexibility index (Phi) is 3.90. The molecule has 0 aliphatic carbocycles. The standard InChI is InChI=1S/C14H16ClN3O/c1-9-5-10(2)7-11(6-9)18(3)14-12(19-4)13(15)16-8-17-14/h5-8H,1-4H3. The van der Waals surface area contributed by atoms with Gasteiger partial charge in [0.1, 0.15) is 6.33 Å². The fourth-order valence-electron chi connectivity index (χ4n) is 2.02. The van der Waals surface area contributed by atoms with Crippen molar-refractivity contribution in [3.05, 3.63) is 40.8 Å². The van der Waals surface area contributed by atoms with Gasteiger partial charge in [-0.1, -0.05) is 17.7 Å². The second-order valence-electron chi connectivity index (χ2n) is 4.43. The minimum atomic E-state index is 0.309. The quantitative estimate of drug-likeness (QED) is 0.805. The van der Waals surface area contributed by atoms with Crippen LogP contribution in [0.1, 0.15) is 11.1 Å². The number of anilines is 2. The van der Waals surface area contributed by atoms with Crippen molar-refractivity contribution in [2.24, 2.45) is 0 Å². The number of aryl methyl sites for hydroxylation is 2. The van der Waals surface area contributed by atoms with Gasteiger partial charge in [-0.15, -0.1) is 0 Å². The Bertz CT molecular complexity index is 581. The average molecular weight is 278 g/mol. The van der Waals surface area contributed by atoms with Gasteiger partial charge < -0.3 is 9.64 Å². The molecule has 0 spiro atoms. The molecule has 0 saturated carbocycles. The Morgan fingerprint density at radius 3 is 2.32 bits per heavy atom. The van der Waals surface area contributed by atoms with Crippen LogP contribution < -0.4 is 9.64 Å². The number of nitrogens with zero attached hydrogens (tertiary/aromatic N) is 3. The number of aromatic nitrogens is 2. The summed E-state index contributed by atoms with van der Waals surface area (Å²) in [5.74, 6) is 1.12. The number of hydrogen-bond donors (Lipinski definition) is 0. The highest BCUT2D eigenvalue weighted by molar-refractivity contribution is 6.31. The Balaban J connectivity index is 2.49. The van der Waals surface area contributed by atoms with Crippen molar-refractivity contribution in [1.29, 1.82) is 0 Å². The van der Waals surface area contributed by atoms with E-state index in [-0.39, 0.29) is 0 Å². The van der Waals surface area contributed by atoms with Gasteiger partial charge in [-0.2, -0.15) is 0 Å². The molecule has 1 heterocycles. The summed E-state index contributed by atoms with van der Waals surface area (Å²) in [6.45, 7) is 4.13. The van der Waals surface area contributed by atoms with E-state index in [1.54, 1.807) is 7.11 Å². The third-order valence-electron chi connectivity index (χ3n) is 2.86. The minimum absolute atomic E-state index is 0.309. The van der Waals surface area contributed by atoms with Gasteiger partial charge in [0, 0.05) is 12.7 Å². The first kappa shape index (κ1) is 13.6. The fourth-order valence-corrected chi connectivity index (χ4v) is 2.23. The maximum Gasteiger partial charge on any atom is 0.199 e. The predicted molar refractivity (Wildman–Crippen MR) is 77.6 cm³/mol. The molecule has 0 saturated heterocycles. The van der Waals surface area contributed by atoms with Crippen LogP contribution in [0, 0.1) is 13.8 Å². The zero-order valence-electron chi connectivity index (χ0n) is 11.4. The molecule has 0 atom stereocenters. The highest BCUT2D eigenvalue weighted by Crippen LogP contribution is 2.34. The maximum absolute atomic E-state index is 6.02. The molecule has 5 heteroatoms. The SMILES string of the molecule is COc1c(Cl)ncnc1N(C)c1cc(C)cc(C)c1. The van der Waals surface area contributed by atoms with E-state index >= 15 is 0 Å². The molecule has 0 aliphatic rings. The third-order valence-corrected chi connectivity index (χ3v) is 3.13. The van der Waals surface area contributed by atoms with Crippen LogP contribution in [0.3, 0.4) is 0 Å². The lowest BCUT2D eigenvalue weighted by Crippen LogP contribution is -2.13. The number of hydrogen-bond acceptors (Lipinski definition) is 4. The molecule has 0 aliphatic heterocycles. The molecule has 1 aromatic carbocycles. The molecule has 0 N–H and O–H groups in total. The molecule has 1 aromatic heterocycles. The van der Waals surface area contributed by atoms with Crippen LogP contribution >= 0.6 is 11.6 Å². The van der Waals surface area contributed by atoms with Crippen LogP contribution in [-0.4, -0.2) is 24.1 Å². The summed E-state index contributed by atoms with van der Waals surface area (Å²) in [4.78, 5) is 10.1. The van der Waals surface area contributed by atoms with Crippen molar-refractivity contribution in [1.82, 2.24) is 9.97 Å². The van der Waals surface area contributed by atoms with Gasteiger partial charge in [0.25, 0.3) is 0 Å². The summed E-state index contributed by atoms with van der Waals surface area (Å²) in [6, 6.07) is 6.30. The summed E-state index contributed by atoms with van der Waals surface area (Å²) < 4.78 is 5.28. The van der Waals surface area contributed by atoms with Gasteiger partial charge in [-0.3, -0.25) is 0 Å². The van der Waals surface area contributed by atoms with Crippen LogP contribution in [-0.2, 0) is 0 Å². The summed E-state index contributed by atoms with van der Waals surface area (Å²) >= 11 is 6.02. The van der Waals surface area contributed by atoms with Crippen LogP contribution in [0.25, 0.3) is 0 Å². The molecule has 2 rings (SSSR count). The Morgan fingerprint density at radius 2 is 1.74 bits per heavy atom. The topological polar surface area (TPSA) is 38.3 Å². The van der Waals surface area contributed by atoms with Crippen molar-refractivity contribution in [3.63, 3.8) is 0 Å². The smallest absolute Gasteiger partial charge is 0.199 e. The van der Waals surface area contributed by atoms with Gasteiger partial charge in [-0.25, -0.2) is 9.97 Å². The number of benzene rings is 1. The number of halogens is 1. The first-order chi connectivity index (χ1) is 9.02. The van der Waals surface area contributed by atoms with Crippen LogP contribution in [0.5, 0.6) is 5.75 Å². The van der Waals surface area contributed by atoms with Crippen LogP contribution in [0.15, 0.2) is 24.5 Å². The summed E-state index contributed by atoms with van der Waals surface area (Å²) in [5, 5.41) is 0.309. The van der Waals surface area contributed by atoms with Crippen LogP contribution in [0.4, 0.5) is 11.5 Å². The molecule has 2 aromatic rings. The maximum atomic E-state index is 6.02. The highest BCUT2D eigenvalue weighted by Gasteiger charge is 2.16. The Labute approximate surface area is 118 Å². The zero-order chi connectivity index (χ0) is 14.0. The second-order valence-corrected chi connectivity index (χ2v) is 4.78. The molecule has 0 amide bonds. The largest absolute Gasteiger partial charge is 0.490 e. The lowest BCUT2D eigenvalue weighted by atomic mass is 10.1.